The van der Waals surface area contributed by atoms with Gasteiger partial charge in [-0.15, -0.1) is 0 Å². The molecule has 1 aromatic rings. The van der Waals surface area contributed by atoms with Gasteiger partial charge in [0.05, 0.1) is 24.2 Å². The van der Waals surface area contributed by atoms with Gasteiger partial charge in [0.1, 0.15) is 0 Å². The number of sulfonamides is 1. The molecule has 0 saturated carbocycles. The summed E-state index contributed by atoms with van der Waals surface area (Å²) in [5, 5.41) is 0. The molecule has 0 bridgehead atoms. The minimum absolute atomic E-state index is 0.0160. The van der Waals surface area contributed by atoms with Crippen LogP contribution in [-0.2, 0) is 19.6 Å². The van der Waals surface area contributed by atoms with Crippen LogP contribution in [0.3, 0.4) is 0 Å². The highest BCUT2D eigenvalue weighted by atomic mass is 32.2. The summed E-state index contributed by atoms with van der Waals surface area (Å²) in [7, 11) is -1.12. The minimum atomic E-state index is -3.71. The number of benzene rings is 1. The molecular weight excluding hydrogens is 320 g/mol. The average Bonchev–Trinajstić information content (AvgIpc) is 2.52. The van der Waals surface area contributed by atoms with Crippen molar-refractivity contribution in [2.24, 2.45) is 0 Å². The van der Waals surface area contributed by atoms with Gasteiger partial charge in [-0.05, 0) is 38.1 Å². The highest BCUT2D eigenvalue weighted by Gasteiger charge is 2.27. The summed E-state index contributed by atoms with van der Waals surface area (Å²) in [6, 6.07) is 5.85. The Morgan fingerprint density at radius 1 is 1.22 bits per heavy atom. The monoisotopic (exact) mass is 342 g/mol. The molecule has 2 rings (SSSR count). The molecule has 1 fully saturated rings. The lowest BCUT2D eigenvalue weighted by atomic mass is 10.1. The first-order valence-corrected chi connectivity index (χ1v) is 8.77. The third kappa shape index (κ3) is 3.89. The van der Waals surface area contributed by atoms with Crippen molar-refractivity contribution >= 4 is 15.9 Å². The Morgan fingerprint density at radius 3 is 2.22 bits per heavy atom. The normalized spacial score (nSPS) is 22.4. The number of morpholine rings is 1. The van der Waals surface area contributed by atoms with E-state index in [-0.39, 0.29) is 23.0 Å². The van der Waals surface area contributed by atoms with Crippen LogP contribution < -0.4 is 0 Å². The number of rotatable bonds is 4. The van der Waals surface area contributed by atoms with Crippen LogP contribution in [0.25, 0.3) is 0 Å². The summed E-state index contributed by atoms with van der Waals surface area (Å²) in [4.78, 5) is 19.0. The molecule has 1 heterocycles. The van der Waals surface area contributed by atoms with Crippen LogP contribution in [0.15, 0.2) is 29.2 Å². The molecule has 0 spiro atoms. The third-order valence-corrected chi connectivity index (χ3v) is 5.40. The maximum atomic E-state index is 12.5. The highest BCUT2D eigenvalue weighted by molar-refractivity contribution is 7.89. The zero-order valence-electron chi connectivity index (χ0n) is 13.7. The molecule has 128 valence electrons. The Bertz CT molecular complexity index is 649. The van der Waals surface area contributed by atoms with Gasteiger partial charge in [-0.2, -0.15) is 0 Å². The first-order valence-electron chi connectivity index (χ1n) is 7.33. The molecule has 23 heavy (non-hydrogen) atoms. The number of amides is 1. The van der Waals surface area contributed by atoms with E-state index in [2.05, 4.69) is 0 Å². The first kappa shape index (κ1) is 17.9. The minimum Gasteiger partial charge on any atom is -0.372 e. The predicted molar refractivity (Wildman–Crippen MR) is 84.3 cm³/mol. The van der Waals surface area contributed by atoms with Crippen LogP contribution in [-0.4, -0.2) is 63.1 Å². The smallest absolute Gasteiger partial charge is 0.264 e. The van der Waals surface area contributed by atoms with E-state index >= 15 is 0 Å². The number of nitrogens with zero attached hydrogens (tertiary/aromatic N) is 2. The summed E-state index contributed by atoms with van der Waals surface area (Å²) >= 11 is 0. The van der Waals surface area contributed by atoms with E-state index in [1.165, 1.54) is 38.4 Å². The molecule has 1 amide bonds. The fourth-order valence-corrected chi connectivity index (χ4v) is 3.52. The lowest BCUT2D eigenvalue weighted by Gasteiger charge is -2.35. The Labute approximate surface area is 136 Å². The highest BCUT2D eigenvalue weighted by Crippen LogP contribution is 2.18. The summed E-state index contributed by atoms with van der Waals surface area (Å²) in [6.07, 6.45) is -0.0320. The van der Waals surface area contributed by atoms with E-state index in [9.17, 15) is 13.2 Å². The van der Waals surface area contributed by atoms with Crippen molar-refractivity contribution in [3.8, 4) is 0 Å². The largest absolute Gasteiger partial charge is 0.372 e. The van der Waals surface area contributed by atoms with Gasteiger partial charge >= 0.3 is 0 Å². The molecule has 2 atom stereocenters. The lowest BCUT2D eigenvalue weighted by Crippen LogP contribution is -2.48. The maximum Gasteiger partial charge on any atom is 0.264 e. The van der Waals surface area contributed by atoms with Crippen LogP contribution in [0.1, 0.15) is 24.2 Å². The van der Waals surface area contributed by atoms with E-state index in [1.54, 1.807) is 4.90 Å². The van der Waals surface area contributed by atoms with E-state index in [0.717, 1.165) is 4.47 Å². The molecule has 0 radical (unpaired) electrons. The van der Waals surface area contributed by atoms with E-state index in [1.807, 2.05) is 13.8 Å². The van der Waals surface area contributed by atoms with Gasteiger partial charge in [0.15, 0.2) is 0 Å². The van der Waals surface area contributed by atoms with Crippen LogP contribution in [0, 0.1) is 0 Å². The topological polar surface area (TPSA) is 76.2 Å². The number of hydroxylamine groups is 1. The number of carbonyl (C=O) groups is 1. The molecular formula is C15H22N2O5S. The molecule has 0 aromatic heterocycles. The van der Waals surface area contributed by atoms with Gasteiger partial charge in [-0.3, -0.25) is 9.63 Å². The van der Waals surface area contributed by atoms with Crippen molar-refractivity contribution in [1.82, 2.24) is 9.37 Å². The quantitative estimate of drug-likeness (QED) is 0.767. The Kier molecular flexibility index (Phi) is 5.41. The summed E-state index contributed by atoms with van der Waals surface area (Å²) in [6.45, 7) is 4.89. The number of ether oxygens (including phenoxy) is 1. The lowest BCUT2D eigenvalue weighted by molar-refractivity contribution is -0.0586. The van der Waals surface area contributed by atoms with Crippen molar-refractivity contribution in [1.29, 1.82) is 0 Å². The second-order valence-electron chi connectivity index (χ2n) is 5.59. The number of hydrogen-bond acceptors (Lipinski definition) is 5. The van der Waals surface area contributed by atoms with Crippen molar-refractivity contribution in [2.75, 3.05) is 27.2 Å². The second-order valence-corrected chi connectivity index (χ2v) is 7.52. The molecule has 1 aliphatic heterocycles. The zero-order chi connectivity index (χ0) is 17.2. The van der Waals surface area contributed by atoms with Gasteiger partial charge in [-0.1, -0.05) is 4.47 Å². The van der Waals surface area contributed by atoms with E-state index in [0.29, 0.717) is 18.7 Å². The van der Waals surface area contributed by atoms with E-state index in [4.69, 9.17) is 9.57 Å². The molecule has 1 aliphatic rings. The van der Waals surface area contributed by atoms with Crippen molar-refractivity contribution in [2.45, 2.75) is 31.0 Å². The summed E-state index contributed by atoms with van der Waals surface area (Å²) in [5.74, 6) is -0.129. The van der Waals surface area contributed by atoms with Crippen molar-refractivity contribution < 1.29 is 22.8 Å². The molecule has 0 N–H and O–H groups in total. The van der Waals surface area contributed by atoms with Gasteiger partial charge in [0, 0.05) is 25.7 Å². The summed E-state index contributed by atoms with van der Waals surface area (Å²) < 4.78 is 30.6. The first-order chi connectivity index (χ1) is 10.8. The third-order valence-electron chi connectivity index (χ3n) is 3.70. The molecule has 1 saturated heterocycles. The molecule has 0 aliphatic carbocycles. The van der Waals surface area contributed by atoms with Gasteiger partial charge in [-0.25, -0.2) is 8.42 Å². The average molecular weight is 342 g/mol. The standard InChI is InChI=1S/C15H22N2O5S/c1-11-9-17(10-12(2)22-11)15(18)13-5-7-14(8-6-13)23(19,20)16(3)21-4/h5-8,11-12H,9-10H2,1-4H3. The Morgan fingerprint density at radius 2 is 1.74 bits per heavy atom. The second kappa shape index (κ2) is 6.96. The van der Waals surface area contributed by atoms with Crippen LogP contribution in [0.5, 0.6) is 0 Å². The van der Waals surface area contributed by atoms with Crippen molar-refractivity contribution in [3.05, 3.63) is 29.8 Å². The van der Waals surface area contributed by atoms with Crippen LogP contribution >= 0.6 is 0 Å². The van der Waals surface area contributed by atoms with Crippen LogP contribution in [0.4, 0.5) is 0 Å². The summed E-state index contributed by atoms with van der Waals surface area (Å²) in [5.41, 5.74) is 0.449. The van der Waals surface area contributed by atoms with Gasteiger partial charge < -0.3 is 9.64 Å². The number of carbonyl (C=O) groups excluding carboxylic acids is 1. The maximum absolute atomic E-state index is 12.5. The molecule has 2 unspecified atom stereocenters. The number of hydrogen-bond donors (Lipinski definition) is 0. The molecule has 8 heteroatoms. The fourth-order valence-electron chi connectivity index (χ4n) is 2.54. The Hall–Kier alpha value is -1.48. The van der Waals surface area contributed by atoms with Crippen molar-refractivity contribution in [3.63, 3.8) is 0 Å². The molecule has 1 aromatic carbocycles. The predicted octanol–water partition coefficient (Wildman–Crippen LogP) is 1.12. The zero-order valence-corrected chi connectivity index (χ0v) is 14.5. The van der Waals surface area contributed by atoms with Gasteiger partial charge in [0.25, 0.3) is 15.9 Å². The Balaban J connectivity index is 2.18. The van der Waals surface area contributed by atoms with E-state index < -0.39 is 10.0 Å². The van der Waals surface area contributed by atoms with Crippen LogP contribution in [0.2, 0.25) is 0 Å². The fraction of sp³-hybridized carbons (Fsp3) is 0.533. The molecule has 7 nitrogen and oxygen atoms in total. The SMILES string of the molecule is CON(C)S(=O)(=O)c1ccc(C(=O)N2CC(C)OC(C)C2)cc1. The van der Waals surface area contributed by atoms with Gasteiger partial charge in [0.2, 0.25) is 0 Å².